The van der Waals surface area contributed by atoms with Gasteiger partial charge in [-0.3, -0.25) is 9.59 Å². The van der Waals surface area contributed by atoms with Crippen LogP contribution in [0.15, 0.2) is 0 Å². The Hall–Kier alpha value is -1.10. The van der Waals surface area contributed by atoms with E-state index in [9.17, 15) is 9.59 Å². The van der Waals surface area contributed by atoms with Crippen molar-refractivity contribution in [1.29, 1.82) is 0 Å². The normalized spacial score (nSPS) is 42.4. The first-order valence-electron chi connectivity index (χ1n) is 7.17. The minimum atomic E-state index is -0.374. The van der Waals surface area contributed by atoms with Gasteiger partial charge in [0.1, 0.15) is 0 Å². The van der Waals surface area contributed by atoms with Gasteiger partial charge in [0.15, 0.2) is 0 Å². The molecule has 3 aliphatic carbocycles. The number of carbonyl (C=O) groups is 2. The van der Waals surface area contributed by atoms with Crippen molar-refractivity contribution in [3.05, 3.63) is 0 Å². The van der Waals surface area contributed by atoms with Crippen molar-refractivity contribution in [3.8, 4) is 0 Å². The Morgan fingerprint density at radius 3 is 1.74 bits per heavy atom. The molecular weight excluding hydrogens is 248 g/mol. The van der Waals surface area contributed by atoms with Gasteiger partial charge in [-0.05, 0) is 26.7 Å². The lowest BCUT2D eigenvalue weighted by Gasteiger charge is -2.43. The smallest absolute Gasteiger partial charge is 0.310 e. The number of esters is 2. The fraction of sp³-hybridized carbons (Fsp3) is 0.857. The Kier molecular flexibility index (Phi) is 3.25. The molecule has 5 nitrogen and oxygen atoms in total. The second-order valence-corrected chi connectivity index (χ2v) is 5.53. The molecule has 4 fully saturated rings. The monoisotopic (exact) mass is 268 g/mol. The molecule has 0 radical (unpaired) electrons. The van der Waals surface area contributed by atoms with Crippen LogP contribution in [0.25, 0.3) is 0 Å². The minimum Gasteiger partial charge on any atom is -0.466 e. The van der Waals surface area contributed by atoms with Crippen LogP contribution in [0.2, 0.25) is 0 Å². The number of carbonyl (C=O) groups excluding carboxylic acids is 2. The zero-order valence-electron chi connectivity index (χ0n) is 11.3. The average Bonchev–Trinajstić information content (AvgIpc) is 3.20. The van der Waals surface area contributed by atoms with Gasteiger partial charge in [0, 0.05) is 11.8 Å². The SMILES string of the molecule is CCOC(=O)C1C2CCC(C3OC23)C1C(=O)OCC. The quantitative estimate of drug-likeness (QED) is 0.565. The number of hydrogen-bond acceptors (Lipinski definition) is 5. The maximum absolute atomic E-state index is 12.2. The van der Waals surface area contributed by atoms with Gasteiger partial charge >= 0.3 is 11.9 Å². The van der Waals surface area contributed by atoms with Crippen molar-refractivity contribution in [3.63, 3.8) is 0 Å². The zero-order valence-corrected chi connectivity index (χ0v) is 11.3. The van der Waals surface area contributed by atoms with Crippen LogP contribution in [-0.4, -0.2) is 37.4 Å². The summed E-state index contributed by atoms with van der Waals surface area (Å²) in [5.74, 6) is -1.01. The summed E-state index contributed by atoms with van der Waals surface area (Å²) in [6.45, 7) is 4.26. The number of epoxide rings is 1. The van der Waals surface area contributed by atoms with Crippen LogP contribution in [0, 0.1) is 23.7 Å². The van der Waals surface area contributed by atoms with E-state index in [1.165, 1.54) is 0 Å². The van der Waals surface area contributed by atoms with E-state index in [-0.39, 0.29) is 47.8 Å². The standard InChI is InChI=1S/C14H20O5/c1-3-17-13(15)9-7-5-6-8(12-11(7)19-12)10(9)14(16)18-4-2/h7-12H,3-6H2,1-2H3. The molecule has 1 saturated heterocycles. The van der Waals surface area contributed by atoms with Crippen LogP contribution < -0.4 is 0 Å². The Morgan fingerprint density at radius 1 is 0.947 bits per heavy atom. The van der Waals surface area contributed by atoms with Gasteiger partial charge in [0.2, 0.25) is 0 Å². The van der Waals surface area contributed by atoms with Crippen molar-refractivity contribution in [2.45, 2.75) is 38.9 Å². The highest BCUT2D eigenvalue weighted by Crippen LogP contribution is 2.58. The van der Waals surface area contributed by atoms with Crippen LogP contribution in [-0.2, 0) is 23.8 Å². The van der Waals surface area contributed by atoms with E-state index in [2.05, 4.69) is 0 Å². The molecule has 4 aliphatic rings. The number of fused-ring (bicyclic) bond motifs is 2. The van der Waals surface area contributed by atoms with Gasteiger partial charge in [-0.1, -0.05) is 0 Å². The Balaban J connectivity index is 1.85. The van der Waals surface area contributed by atoms with Gasteiger partial charge in [-0.2, -0.15) is 0 Å². The molecule has 0 spiro atoms. The van der Waals surface area contributed by atoms with E-state index in [1.807, 2.05) is 0 Å². The Bertz CT molecular complexity index is 357. The average molecular weight is 268 g/mol. The third-order valence-corrected chi connectivity index (χ3v) is 4.67. The summed E-state index contributed by atoms with van der Waals surface area (Å²) in [5.41, 5.74) is 0. The predicted molar refractivity (Wildman–Crippen MR) is 65.1 cm³/mol. The number of hydrogen-bond donors (Lipinski definition) is 0. The highest BCUT2D eigenvalue weighted by Gasteiger charge is 2.67. The molecule has 106 valence electrons. The first-order chi connectivity index (χ1) is 9.19. The fourth-order valence-corrected chi connectivity index (χ4v) is 3.96. The molecule has 5 heteroatoms. The molecule has 1 aliphatic heterocycles. The molecule has 2 bridgehead atoms. The summed E-state index contributed by atoms with van der Waals surface area (Å²) in [6, 6.07) is 0. The molecule has 3 saturated carbocycles. The lowest BCUT2D eigenvalue weighted by molar-refractivity contribution is -0.170. The minimum absolute atomic E-state index is 0.128. The molecule has 0 aromatic carbocycles. The summed E-state index contributed by atoms with van der Waals surface area (Å²) < 4.78 is 16.0. The molecule has 4 rings (SSSR count). The van der Waals surface area contributed by atoms with Crippen LogP contribution >= 0.6 is 0 Å². The molecule has 0 amide bonds. The summed E-state index contributed by atoms with van der Waals surface area (Å²) in [7, 11) is 0. The molecule has 1 heterocycles. The van der Waals surface area contributed by atoms with E-state index < -0.39 is 0 Å². The second kappa shape index (κ2) is 4.78. The van der Waals surface area contributed by atoms with Gasteiger partial charge in [0.25, 0.3) is 0 Å². The molecular formula is C14H20O5. The van der Waals surface area contributed by atoms with Crippen LogP contribution in [0.1, 0.15) is 26.7 Å². The molecule has 0 N–H and O–H groups in total. The van der Waals surface area contributed by atoms with E-state index in [0.717, 1.165) is 12.8 Å². The summed E-state index contributed by atoms with van der Waals surface area (Å²) >= 11 is 0. The summed E-state index contributed by atoms with van der Waals surface area (Å²) in [6.07, 6.45) is 2.23. The van der Waals surface area contributed by atoms with E-state index in [0.29, 0.717) is 13.2 Å². The van der Waals surface area contributed by atoms with Gasteiger partial charge in [-0.25, -0.2) is 0 Å². The molecule has 0 aromatic rings. The second-order valence-electron chi connectivity index (χ2n) is 5.53. The summed E-state index contributed by atoms with van der Waals surface area (Å²) in [5, 5.41) is 0. The van der Waals surface area contributed by atoms with E-state index in [4.69, 9.17) is 14.2 Å². The Labute approximate surface area is 112 Å². The van der Waals surface area contributed by atoms with Crippen LogP contribution in [0.3, 0.4) is 0 Å². The number of rotatable bonds is 4. The fourth-order valence-electron chi connectivity index (χ4n) is 3.96. The topological polar surface area (TPSA) is 65.1 Å². The molecule has 19 heavy (non-hydrogen) atoms. The number of ether oxygens (including phenoxy) is 3. The third-order valence-electron chi connectivity index (χ3n) is 4.67. The molecule has 6 atom stereocenters. The van der Waals surface area contributed by atoms with Crippen LogP contribution in [0.4, 0.5) is 0 Å². The van der Waals surface area contributed by atoms with Gasteiger partial charge in [0.05, 0.1) is 37.3 Å². The molecule has 0 aromatic heterocycles. The molecule has 6 unspecified atom stereocenters. The predicted octanol–water partition coefficient (Wildman–Crippen LogP) is 1.15. The first-order valence-corrected chi connectivity index (χ1v) is 7.17. The van der Waals surface area contributed by atoms with E-state index >= 15 is 0 Å². The first kappa shape index (κ1) is 12.9. The van der Waals surface area contributed by atoms with Crippen molar-refractivity contribution >= 4 is 11.9 Å². The lowest BCUT2D eigenvalue weighted by Crippen LogP contribution is -2.52. The summed E-state index contributed by atoms with van der Waals surface area (Å²) in [4.78, 5) is 24.4. The van der Waals surface area contributed by atoms with Crippen molar-refractivity contribution in [2.75, 3.05) is 13.2 Å². The Morgan fingerprint density at radius 2 is 1.37 bits per heavy atom. The van der Waals surface area contributed by atoms with Crippen molar-refractivity contribution < 1.29 is 23.8 Å². The van der Waals surface area contributed by atoms with Crippen LogP contribution in [0.5, 0.6) is 0 Å². The van der Waals surface area contributed by atoms with Crippen molar-refractivity contribution in [1.82, 2.24) is 0 Å². The maximum Gasteiger partial charge on any atom is 0.310 e. The maximum atomic E-state index is 12.2. The largest absolute Gasteiger partial charge is 0.466 e. The highest BCUT2D eigenvalue weighted by atomic mass is 16.6. The third kappa shape index (κ3) is 1.95. The highest BCUT2D eigenvalue weighted by molar-refractivity contribution is 5.83. The van der Waals surface area contributed by atoms with E-state index in [1.54, 1.807) is 13.8 Å². The van der Waals surface area contributed by atoms with Gasteiger partial charge < -0.3 is 14.2 Å². The lowest BCUT2D eigenvalue weighted by atomic mass is 9.58. The van der Waals surface area contributed by atoms with Gasteiger partial charge in [-0.15, -0.1) is 0 Å². The van der Waals surface area contributed by atoms with Crippen molar-refractivity contribution in [2.24, 2.45) is 23.7 Å². The zero-order chi connectivity index (χ0) is 13.6.